The van der Waals surface area contributed by atoms with Crippen molar-refractivity contribution in [3.8, 4) is 5.75 Å². The smallest absolute Gasteiger partial charge is 0.287 e. The molecule has 2 amide bonds. The van der Waals surface area contributed by atoms with Crippen LogP contribution >= 0.6 is 0 Å². The van der Waals surface area contributed by atoms with Gasteiger partial charge in [-0.25, -0.2) is 4.39 Å². The maximum Gasteiger partial charge on any atom is 0.287 e. The molecule has 4 heterocycles. The molecule has 0 bridgehead atoms. The van der Waals surface area contributed by atoms with E-state index < -0.39 is 36.2 Å². The maximum absolute atomic E-state index is 14.5. The molecule has 5 atom stereocenters. The lowest BCUT2D eigenvalue weighted by Crippen LogP contribution is -2.52. The molecule has 0 saturated carbocycles. The minimum Gasteiger partial charge on any atom is -0.491 e. The zero-order valence-electron chi connectivity index (χ0n) is 21.9. The van der Waals surface area contributed by atoms with Crippen LogP contribution in [-0.2, 0) is 19.1 Å². The molecule has 0 aliphatic carbocycles. The van der Waals surface area contributed by atoms with Crippen LogP contribution in [0.1, 0.15) is 30.8 Å². The number of fused-ring (bicyclic) bond motifs is 2. The highest BCUT2D eigenvalue weighted by Crippen LogP contribution is 2.31. The Labute approximate surface area is 220 Å². The van der Waals surface area contributed by atoms with Gasteiger partial charge in [0.1, 0.15) is 55.0 Å². The first kappa shape index (κ1) is 26.6. The molecule has 3 aliphatic rings. The highest BCUT2D eigenvalue weighted by molar-refractivity contribution is 6.00. The van der Waals surface area contributed by atoms with Gasteiger partial charge in [-0.15, -0.1) is 0 Å². The summed E-state index contributed by atoms with van der Waals surface area (Å²) in [5.41, 5.74) is 0.499. The molecule has 1 aromatic heterocycles. The Morgan fingerprint density at radius 3 is 2.79 bits per heavy atom. The summed E-state index contributed by atoms with van der Waals surface area (Å²) in [4.78, 5) is 42.2. The number of halogens is 1. The Morgan fingerprint density at radius 2 is 2.03 bits per heavy atom. The first-order valence-corrected chi connectivity index (χ1v) is 13.1. The predicted octanol–water partition coefficient (Wildman–Crippen LogP) is 1.80. The van der Waals surface area contributed by atoms with E-state index in [-0.39, 0.29) is 36.7 Å². The van der Waals surface area contributed by atoms with Gasteiger partial charge in [-0.1, -0.05) is 13.8 Å². The van der Waals surface area contributed by atoms with E-state index in [2.05, 4.69) is 10.2 Å². The van der Waals surface area contributed by atoms with Gasteiger partial charge in [-0.2, -0.15) is 0 Å². The van der Waals surface area contributed by atoms with Crippen LogP contribution < -0.4 is 10.1 Å². The molecule has 11 heteroatoms. The number of rotatable bonds is 8. The molecule has 0 radical (unpaired) electrons. The van der Waals surface area contributed by atoms with Gasteiger partial charge in [0.2, 0.25) is 5.91 Å². The van der Waals surface area contributed by atoms with E-state index in [4.69, 9.17) is 18.6 Å². The number of benzene rings is 1. The number of hydrogen-bond donors (Lipinski definition) is 1. The average molecular weight is 532 g/mol. The van der Waals surface area contributed by atoms with Crippen LogP contribution in [0.4, 0.5) is 4.39 Å². The normalized spacial score (nSPS) is 26.7. The summed E-state index contributed by atoms with van der Waals surface area (Å²) in [7, 11) is 2.04. The van der Waals surface area contributed by atoms with Gasteiger partial charge in [-0.05, 0) is 43.7 Å². The van der Waals surface area contributed by atoms with E-state index >= 15 is 0 Å². The first-order valence-electron chi connectivity index (χ1n) is 13.1. The number of carbonyl (C=O) groups excluding carboxylic acids is 3. The number of likely N-dealkylation sites (N-methyl/N-ethyl adjacent to an activating group) is 1. The van der Waals surface area contributed by atoms with Gasteiger partial charge in [0.25, 0.3) is 5.91 Å². The lowest BCUT2D eigenvalue weighted by Gasteiger charge is -2.29. The van der Waals surface area contributed by atoms with Crippen molar-refractivity contribution in [2.45, 2.75) is 50.7 Å². The summed E-state index contributed by atoms with van der Waals surface area (Å²) in [6, 6.07) is 4.98. The predicted molar refractivity (Wildman–Crippen MR) is 135 cm³/mol. The van der Waals surface area contributed by atoms with Crippen molar-refractivity contribution in [3.63, 3.8) is 0 Å². The minimum atomic E-state index is -1.44. The molecule has 3 fully saturated rings. The fourth-order valence-corrected chi connectivity index (χ4v) is 5.33. The van der Waals surface area contributed by atoms with Crippen molar-refractivity contribution in [1.29, 1.82) is 0 Å². The van der Waals surface area contributed by atoms with Gasteiger partial charge in [0.05, 0.1) is 13.2 Å². The molecule has 5 rings (SSSR count). The molecule has 206 valence electrons. The number of amides is 2. The molecule has 38 heavy (non-hydrogen) atoms. The fourth-order valence-electron chi connectivity index (χ4n) is 5.33. The van der Waals surface area contributed by atoms with E-state index in [0.717, 1.165) is 13.1 Å². The zero-order chi connectivity index (χ0) is 27.0. The van der Waals surface area contributed by atoms with Crippen LogP contribution in [0.5, 0.6) is 5.75 Å². The Bertz CT molecular complexity index is 1200. The standard InChI is InChI=1S/C27H34FN3O7/c1-15(2)8-20(27(34)31-12-19(28)25-24(31)21(32)14-37-25)29-26(33)23-10-16-9-17(4-5-22(16)38-23)36-13-18-11-30(3)6-7-35-18/h4-5,9-10,15,18-20,24-25H,6-8,11-14H2,1-3H3,(H,29,33)/t18-,19?,20?,24?,25?/m1/s1. The number of nitrogens with one attached hydrogen (secondary N) is 1. The van der Waals surface area contributed by atoms with Crippen molar-refractivity contribution < 1.29 is 37.4 Å². The van der Waals surface area contributed by atoms with Crippen molar-refractivity contribution >= 4 is 28.6 Å². The highest BCUT2D eigenvalue weighted by atomic mass is 19.1. The molecule has 3 saturated heterocycles. The summed E-state index contributed by atoms with van der Waals surface area (Å²) >= 11 is 0. The topological polar surface area (TPSA) is 111 Å². The summed E-state index contributed by atoms with van der Waals surface area (Å²) in [6.45, 7) is 6.15. The van der Waals surface area contributed by atoms with E-state index in [9.17, 15) is 18.8 Å². The van der Waals surface area contributed by atoms with Crippen molar-refractivity contribution in [3.05, 3.63) is 30.0 Å². The van der Waals surface area contributed by atoms with E-state index in [1.54, 1.807) is 24.3 Å². The van der Waals surface area contributed by atoms with Crippen LogP contribution in [0, 0.1) is 5.92 Å². The average Bonchev–Trinajstić information content (AvgIpc) is 3.57. The number of carbonyl (C=O) groups is 3. The molecule has 1 N–H and O–H groups in total. The summed E-state index contributed by atoms with van der Waals surface area (Å²) in [5.74, 6) is -0.661. The molecule has 0 spiro atoms. The van der Waals surface area contributed by atoms with Gasteiger partial charge < -0.3 is 33.7 Å². The number of alkyl halides is 1. The lowest BCUT2D eigenvalue weighted by atomic mass is 10.0. The van der Waals surface area contributed by atoms with Crippen LogP contribution in [-0.4, -0.2) is 104 Å². The molecule has 3 aliphatic heterocycles. The van der Waals surface area contributed by atoms with Gasteiger partial charge in [-0.3, -0.25) is 14.4 Å². The Morgan fingerprint density at radius 1 is 1.21 bits per heavy atom. The highest BCUT2D eigenvalue weighted by Gasteiger charge is 2.53. The molecule has 1 aromatic carbocycles. The van der Waals surface area contributed by atoms with Crippen molar-refractivity contribution in [2.75, 3.05) is 46.5 Å². The number of nitrogens with zero attached hydrogens (tertiary/aromatic N) is 2. The third-order valence-electron chi connectivity index (χ3n) is 7.21. The summed E-state index contributed by atoms with van der Waals surface area (Å²) in [6.07, 6.45) is -2.08. The van der Waals surface area contributed by atoms with Crippen LogP contribution in [0.2, 0.25) is 0 Å². The minimum absolute atomic E-state index is 0.0183. The van der Waals surface area contributed by atoms with E-state index in [0.29, 0.717) is 36.4 Å². The second-order valence-corrected chi connectivity index (χ2v) is 10.7. The third kappa shape index (κ3) is 5.55. The molecular weight excluding hydrogens is 497 g/mol. The number of hydrogen-bond acceptors (Lipinski definition) is 8. The Balaban J connectivity index is 1.26. The number of ether oxygens (including phenoxy) is 3. The number of morpholine rings is 1. The number of likely N-dealkylation sites (tertiary alicyclic amines) is 1. The van der Waals surface area contributed by atoms with Crippen LogP contribution in [0.3, 0.4) is 0 Å². The number of furan rings is 1. The maximum atomic E-state index is 14.5. The van der Waals surface area contributed by atoms with Crippen molar-refractivity contribution in [1.82, 2.24) is 15.1 Å². The first-order chi connectivity index (χ1) is 18.2. The second-order valence-electron chi connectivity index (χ2n) is 10.7. The van der Waals surface area contributed by atoms with Crippen molar-refractivity contribution in [2.24, 2.45) is 5.92 Å². The summed E-state index contributed by atoms with van der Waals surface area (Å²) in [5, 5.41) is 3.43. The molecule has 2 aromatic rings. The fraction of sp³-hybridized carbons (Fsp3) is 0.593. The largest absolute Gasteiger partial charge is 0.491 e. The summed E-state index contributed by atoms with van der Waals surface area (Å²) < 4.78 is 37.1. The number of ketones is 1. The van der Waals surface area contributed by atoms with E-state index in [1.165, 1.54) is 4.90 Å². The Hall–Kier alpha value is -3.02. The van der Waals surface area contributed by atoms with E-state index in [1.807, 2.05) is 20.9 Å². The SMILES string of the molecule is CC(C)CC(NC(=O)c1cc2cc(OC[C@H]3CN(C)CCO3)ccc2o1)C(=O)N1CC(F)C2OCC(=O)C21. The van der Waals surface area contributed by atoms with Gasteiger partial charge >= 0.3 is 0 Å². The number of Topliss-reactive ketones (excluding diaryl/α,β-unsaturated/α-hetero) is 1. The quantitative estimate of drug-likeness (QED) is 0.549. The van der Waals surface area contributed by atoms with Gasteiger partial charge in [0.15, 0.2) is 11.5 Å². The third-order valence-corrected chi connectivity index (χ3v) is 7.21. The lowest BCUT2D eigenvalue weighted by molar-refractivity contribution is -0.138. The van der Waals surface area contributed by atoms with Gasteiger partial charge in [0, 0.05) is 18.5 Å². The Kier molecular flexibility index (Phi) is 7.69. The molecule has 4 unspecified atom stereocenters. The van der Waals surface area contributed by atoms with Crippen LogP contribution in [0.15, 0.2) is 28.7 Å². The van der Waals surface area contributed by atoms with Crippen LogP contribution in [0.25, 0.3) is 11.0 Å². The zero-order valence-corrected chi connectivity index (χ0v) is 21.9. The molecular formula is C27H34FN3O7. The molecule has 10 nitrogen and oxygen atoms in total. The second kappa shape index (κ2) is 11.0. The monoisotopic (exact) mass is 531 g/mol.